The molecule has 2 fully saturated rings. The predicted octanol–water partition coefficient (Wildman–Crippen LogP) is 2.36. The molecule has 4 atom stereocenters. The number of hydrazine groups is 1. The first-order valence-electron chi connectivity index (χ1n) is 11.7. The van der Waals surface area contributed by atoms with E-state index in [4.69, 9.17) is 10.5 Å². The SMILES string of the molecule is C=CC(=O)N1CCCC(N2C=C(c3ccc(Oc4ccccc4F)cc3)C3C(N)NNC(=O)C32)C1. The van der Waals surface area contributed by atoms with Gasteiger partial charge in [0.1, 0.15) is 11.8 Å². The molecule has 0 spiro atoms. The minimum atomic E-state index is -0.488. The highest BCUT2D eigenvalue weighted by atomic mass is 19.1. The molecular weight excluding hydrogens is 449 g/mol. The van der Waals surface area contributed by atoms with Crippen LogP contribution in [0, 0.1) is 11.7 Å². The van der Waals surface area contributed by atoms with Crippen LogP contribution in [0.25, 0.3) is 5.57 Å². The summed E-state index contributed by atoms with van der Waals surface area (Å²) in [5.74, 6) is -0.331. The summed E-state index contributed by atoms with van der Waals surface area (Å²) in [5.41, 5.74) is 13.8. The van der Waals surface area contributed by atoms with E-state index in [-0.39, 0.29) is 29.5 Å². The Morgan fingerprint density at radius 3 is 2.71 bits per heavy atom. The number of hydrogen-bond donors (Lipinski definition) is 3. The van der Waals surface area contributed by atoms with Crippen LogP contribution >= 0.6 is 0 Å². The van der Waals surface area contributed by atoms with E-state index in [2.05, 4.69) is 22.3 Å². The van der Waals surface area contributed by atoms with Crippen molar-refractivity contribution in [3.8, 4) is 11.5 Å². The maximum Gasteiger partial charge on any atom is 0.257 e. The van der Waals surface area contributed by atoms with Gasteiger partial charge in [-0.3, -0.25) is 15.0 Å². The standard InChI is InChI=1S/C26H28FN5O3/c1-2-22(33)31-13-5-6-17(14-31)32-15-19(23-24(32)26(34)30-29-25(23)28)16-9-11-18(12-10-16)35-21-8-4-3-7-20(21)27/h2-4,7-12,15,17,23-25,29H,1,5-6,13-14,28H2,(H,30,34). The minimum Gasteiger partial charge on any atom is -0.454 e. The number of hydrogen-bond acceptors (Lipinski definition) is 6. The van der Waals surface area contributed by atoms with Gasteiger partial charge in [0.05, 0.1) is 6.17 Å². The third kappa shape index (κ3) is 4.40. The minimum absolute atomic E-state index is 0.0163. The molecule has 2 saturated heterocycles. The molecule has 2 amide bonds. The molecule has 8 nitrogen and oxygen atoms in total. The Kier molecular flexibility index (Phi) is 6.27. The average Bonchev–Trinajstić information content (AvgIpc) is 3.30. The zero-order chi connectivity index (χ0) is 24.5. The highest BCUT2D eigenvalue weighted by Crippen LogP contribution is 2.41. The summed E-state index contributed by atoms with van der Waals surface area (Å²) < 4.78 is 19.6. The van der Waals surface area contributed by atoms with Crippen molar-refractivity contribution >= 4 is 17.4 Å². The molecule has 0 aromatic heterocycles. The van der Waals surface area contributed by atoms with Crippen molar-refractivity contribution in [2.24, 2.45) is 11.7 Å². The number of halogens is 1. The topological polar surface area (TPSA) is 99.9 Å². The normalized spacial score (nSPS) is 26.0. The average molecular weight is 478 g/mol. The highest BCUT2D eigenvalue weighted by Gasteiger charge is 2.49. The summed E-state index contributed by atoms with van der Waals surface area (Å²) >= 11 is 0. The Bertz CT molecular complexity index is 1170. The molecule has 0 aliphatic carbocycles. The van der Waals surface area contributed by atoms with E-state index in [9.17, 15) is 14.0 Å². The largest absolute Gasteiger partial charge is 0.454 e. The maximum atomic E-state index is 14.0. The van der Waals surface area contributed by atoms with Crippen molar-refractivity contribution in [1.29, 1.82) is 0 Å². The van der Waals surface area contributed by atoms with Crippen LogP contribution in [-0.2, 0) is 9.59 Å². The van der Waals surface area contributed by atoms with Crippen molar-refractivity contribution in [2.75, 3.05) is 13.1 Å². The summed E-state index contributed by atoms with van der Waals surface area (Å²) in [6.07, 6.45) is 4.54. The molecule has 5 rings (SSSR count). The van der Waals surface area contributed by atoms with Crippen molar-refractivity contribution < 1.29 is 18.7 Å². The monoisotopic (exact) mass is 477 g/mol. The Morgan fingerprint density at radius 2 is 1.97 bits per heavy atom. The molecular formula is C26H28FN5O3. The lowest BCUT2D eigenvalue weighted by Gasteiger charge is -2.43. The van der Waals surface area contributed by atoms with Gasteiger partial charge in [0.25, 0.3) is 5.91 Å². The zero-order valence-corrected chi connectivity index (χ0v) is 19.2. The number of nitrogens with one attached hydrogen (secondary N) is 2. The number of fused-ring (bicyclic) bond motifs is 1. The van der Waals surface area contributed by atoms with Gasteiger partial charge in [0, 0.05) is 31.2 Å². The predicted molar refractivity (Wildman–Crippen MR) is 129 cm³/mol. The summed E-state index contributed by atoms with van der Waals surface area (Å²) in [6, 6.07) is 13.0. The first-order valence-corrected chi connectivity index (χ1v) is 11.7. The first-order chi connectivity index (χ1) is 17.0. The lowest BCUT2D eigenvalue weighted by molar-refractivity contribution is -0.132. The smallest absolute Gasteiger partial charge is 0.257 e. The van der Waals surface area contributed by atoms with Gasteiger partial charge in [-0.25, -0.2) is 9.82 Å². The summed E-state index contributed by atoms with van der Waals surface area (Å²) in [7, 11) is 0. The van der Waals surface area contributed by atoms with Crippen LogP contribution in [0.2, 0.25) is 0 Å². The fraction of sp³-hybridized carbons (Fsp3) is 0.308. The van der Waals surface area contributed by atoms with E-state index in [1.165, 1.54) is 12.1 Å². The summed E-state index contributed by atoms with van der Waals surface area (Å²) in [5, 5.41) is 0. The molecule has 182 valence electrons. The first kappa shape index (κ1) is 23.1. The fourth-order valence-electron chi connectivity index (χ4n) is 5.19. The van der Waals surface area contributed by atoms with E-state index in [1.807, 2.05) is 18.3 Å². The van der Waals surface area contributed by atoms with Gasteiger partial charge in [0.2, 0.25) is 5.91 Å². The Hall–Kier alpha value is -3.69. The number of carbonyl (C=O) groups excluding carboxylic acids is 2. The number of nitrogens with zero attached hydrogens (tertiary/aromatic N) is 2. The van der Waals surface area contributed by atoms with Gasteiger partial charge in [0.15, 0.2) is 11.6 Å². The Balaban J connectivity index is 1.43. The molecule has 3 heterocycles. The van der Waals surface area contributed by atoms with E-state index < -0.39 is 18.0 Å². The molecule has 4 unspecified atom stereocenters. The van der Waals surface area contributed by atoms with Crippen molar-refractivity contribution in [3.63, 3.8) is 0 Å². The Labute approximate surface area is 203 Å². The number of rotatable bonds is 5. The van der Waals surface area contributed by atoms with E-state index in [1.54, 1.807) is 35.2 Å². The number of benzene rings is 2. The number of likely N-dealkylation sites (tertiary alicyclic amines) is 1. The third-order valence-electron chi connectivity index (χ3n) is 6.88. The van der Waals surface area contributed by atoms with Gasteiger partial charge in [-0.1, -0.05) is 30.8 Å². The molecule has 0 bridgehead atoms. The second-order valence-electron chi connectivity index (χ2n) is 9.00. The molecule has 3 aliphatic rings. The molecule has 9 heteroatoms. The number of piperidine rings is 1. The van der Waals surface area contributed by atoms with Crippen molar-refractivity contribution in [3.05, 3.63) is 78.8 Å². The zero-order valence-electron chi connectivity index (χ0n) is 19.2. The lowest BCUT2D eigenvalue weighted by atomic mass is 9.86. The second kappa shape index (κ2) is 9.52. The van der Waals surface area contributed by atoms with Crippen LogP contribution in [-0.4, -0.2) is 53.0 Å². The number of carbonyl (C=O) groups is 2. The Morgan fingerprint density at radius 1 is 1.20 bits per heavy atom. The molecule has 4 N–H and O–H groups in total. The van der Waals surface area contributed by atoms with Crippen molar-refractivity contribution in [1.82, 2.24) is 20.7 Å². The van der Waals surface area contributed by atoms with Gasteiger partial charge >= 0.3 is 0 Å². The quantitative estimate of drug-likeness (QED) is 0.572. The van der Waals surface area contributed by atoms with Crippen LogP contribution < -0.4 is 21.3 Å². The van der Waals surface area contributed by atoms with E-state index in [0.717, 1.165) is 24.0 Å². The van der Waals surface area contributed by atoms with Gasteiger partial charge < -0.3 is 20.3 Å². The third-order valence-corrected chi connectivity index (χ3v) is 6.88. The maximum absolute atomic E-state index is 14.0. The molecule has 0 saturated carbocycles. The molecule has 35 heavy (non-hydrogen) atoms. The molecule has 0 radical (unpaired) electrons. The number of para-hydroxylation sites is 1. The molecule has 2 aromatic rings. The van der Waals surface area contributed by atoms with Gasteiger partial charge in [-0.05, 0) is 54.3 Å². The van der Waals surface area contributed by atoms with Gasteiger partial charge in [-0.2, -0.15) is 0 Å². The van der Waals surface area contributed by atoms with Crippen LogP contribution in [0.5, 0.6) is 11.5 Å². The molecule has 2 aromatic carbocycles. The van der Waals surface area contributed by atoms with Crippen molar-refractivity contribution in [2.45, 2.75) is 31.1 Å². The van der Waals surface area contributed by atoms with Crippen LogP contribution in [0.1, 0.15) is 18.4 Å². The van der Waals surface area contributed by atoms with E-state index in [0.29, 0.717) is 18.8 Å². The number of ether oxygens (including phenoxy) is 1. The number of nitrogens with two attached hydrogens (primary N) is 1. The van der Waals surface area contributed by atoms with Gasteiger partial charge in [-0.15, -0.1) is 0 Å². The highest BCUT2D eigenvalue weighted by molar-refractivity contribution is 5.89. The van der Waals surface area contributed by atoms with E-state index >= 15 is 0 Å². The van der Waals surface area contributed by atoms with Crippen LogP contribution in [0.15, 0.2) is 67.4 Å². The summed E-state index contributed by atoms with van der Waals surface area (Å²) in [4.78, 5) is 29.0. The summed E-state index contributed by atoms with van der Waals surface area (Å²) in [6.45, 7) is 4.79. The second-order valence-corrected chi connectivity index (χ2v) is 9.00. The lowest BCUT2D eigenvalue weighted by Crippen LogP contribution is -2.67. The number of amides is 2. The molecule has 3 aliphatic heterocycles. The van der Waals surface area contributed by atoms with Crippen LogP contribution in [0.3, 0.4) is 0 Å². The fourth-order valence-corrected chi connectivity index (χ4v) is 5.19. The van der Waals surface area contributed by atoms with Crippen LogP contribution in [0.4, 0.5) is 4.39 Å².